The smallest absolute Gasteiger partial charge is 0.189 e. The first-order chi connectivity index (χ1) is 9.83. The Morgan fingerprint density at radius 3 is 2.55 bits per heavy atom. The fraction of sp³-hybridized carbons (Fsp3) is 0.0667. The number of aromatic nitrogens is 4. The Kier molecular flexibility index (Phi) is 3.33. The highest BCUT2D eigenvalue weighted by Gasteiger charge is 2.12. The zero-order valence-electron chi connectivity index (χ0n) is 10.7. The first-order valence-electron chi connectivity index (χ1n) is 6.23. The summed E-state index contributed by atoms with van der Waals surface area (Å²) in [5.74, 6) is -0.0571. The molecule has 1 aromatic carbocycles. The van der Waals surface area contributed by atoms with Crippen molar-refractivity contribution in [2.45, 2.75) is 6.42 Å². The van der Waals surface area contributed by atoms with Crippen LogP contribution in [0.1, 0.15) is 16.1 Å². The number of para-hydroxylation sites is 1. The van der Waals surface area contributed by atoms with Gasteiger partial charge in [0, 0.05) is 18.8 Å². The van der Waals surface area contributed by atoms with Crippen molar-refractivity contribution in [3.05, 3.63) is 72.3 Å². The summed E-state index contributed by atoms with van der Waals surface area (Å²) in [5, 5.41) is 8.34. The second kappa shape index (κ2) is 5.44. The van der Waals surface area contributed by atoms with Crippen LogP contribution < -0.4 is 0 Å². The molecule has 2 aromatic heterocycles. The zero-order chi connectivity index (χ0) is 13.8. The molecule has 0 unspecified atom stereocenters. The maximum absolute atomic E-state index is 12.1. The van der Waals surface area contributed by atoms with Crippen molar-refractivity contribution < 1.29 is 4.79 Å². The molecule has 0 N–H and O–H groups in total. The second-order valence-electron chi connectivity index (χ2n) is 4.31. The molecule has 5 heteroatoms. The number of rotatable bonds is 4. The minimum atomic E-state index is -0.0571. The number of hydrogen-bond acceptors (Lipinski definition) is 4. The fourth-order valence-corrected chi connectivity index (χ4v) is 1.85. The van der Waals surface area contributed by atoms with E-state index < -0.39 is 0 Å². The molecule has 0 atom stereocenters. The van der Waals surface area contributed by atoms with Crippen LogP contribution in [-0.4, -0.2) is 25.8 Å². The Bertz CT molecular complexity index is 707. The van der Waals surface area contributed by atoms with E-state index in [1.54, 1.807) is 12.4 Å². The van der Waals surface area contributed by atoms with Gasteiger partial charge in [-0.15, -0.1) is 5.10 Å². The van der Waals surface area contributed by atoms with Crippen LogP contribution in [-0.2, 0) is 6.42 Å². The summed E-state index contributed by atoms with van der Waals surface area (Å²) in [5.41, 5.74) is 2.11. The van der Waals surface area contributed by atoms with Crippen LogP contribution in [0.25, 0.3) is 5.69 Å². The molecular formula is C15H12N4O. The van der Waals surface area contributed by atoms with Gasteiger partial charge in [-0.1, -0.05) is 18.2 Å². The fourth-order valence-electron chi connectivity index (χ4n) is 1.85. The lowest BCUT2D eigenvalue weighted by atomic mass is 10.1. The van der Waals surface area contributed by atoms with E-state index in [-0.39, 0.29) is 5.78 Å². The van der Waals surface area contributed by atoms with Gasteiger partial charge in [0.25, 0.3) is 0 Å². The third-order valence-corrected chi connectivity index (χ3v) is 2.88. The largest absolute Gasteiger partial charge is 0.292 e. The summed E-state index contributed by atoms with van der Waals surface area (Å²) < 4.78 is 0. The lowest BCUT2D eigenvalue weighted by Gasteiger charge is -1.98. The van der Waals surface area contributed by atoms with Crippen molar-refractivity contribution in [2.75, 3.05) is 0 Å². The first kappa shape index (κ1) is 12.2. The lowest BCUT2D eigenvalue weighted by molar-refractivity contribution is 0.0988. The summed E-state index contributed by atoms with van der Waals surface area (Å²) in [6, 6.07) is 13.1. The van der Waals surface area contributed by atoms with Gasteiger partial charge >= 0.3 is 0 Å². The van der Waals surface area contributed by atoms with Gasteiger partial charge in [-0.25, -0.2) is 0 Å². The molecule has 5 nitrogen and oxygen atoms in total. The number of carbonyl (C=O) groups excluding carboxylic acids is 1. The third-order valence-electron chi connectivity index (χ3n) is 2.88. The van der Waals surface area contributed by atoms with Gasteiger partial charge in [-0.2, -0.15) is 9.90 Å². The van der Waals surface area contributed by atoms with Crippen molar-refractivity contribution in [3.8, 4) is 5.69 Å². The van der Waals surface area contributed by atoms with E-state index in [2.05, 4.69) is 15.2 Å². The Balaban J connectivity index is 1.79. The van der Waals surface area contributed by atoms with Crippen LogP contribution in [0.5, 0.6) is 0 Å². The number of nitrogens with zero attached hydrogens (tertiary/aromatic N) is 4. The van der Waals surface area contributed by atoms with Gasteiger partial charge in [-0.05, 0) is 29.8 Å². The molecule has 0 radical (unpaired) electrons. The van der Waals surface area contributed by atoms with Crippen LogP contribution in [0.4, 0.5) is 0 Å². The Morgan fingerprint density at radius 1 is 1.05 bits per heavy atom. The SMILES string of the molecule is O=C(Cc1ccncc1)c1cnn(-c2ccccc2)n1. The van der Waals surface area contributed by atoms with Crippen LogP contribution in [0, 0.1) is 0 Å². The standard InChI is InChI=1S/C15H12N4O/c20-15(10-12-6-8-16-9-7-12)14-11-17-19(18-14)13-4-2-1-3-5-13/h1-9,11H,10H2. The van der Waals surface area contributed by atoms with Crippen LogP contribution in [0.3, 0.4) is 0 Å². The van der Waals surface area contributed by atoms with Gasteiger partial charge in [0.15, 0.2) is 5.78 Å². The topological polar surface area (TPSA) is 60.7 Å². The number of benzene rings is 1. The summed E-state index contributed by atoms with van der Waals surface area (Å²) in [4.78, 5) is 17.5. The minimum Gasteiger partial charge on any atom is -0.292 e. The molecule has 0 fully saturated rings. The molecule has 0 saturated carbocycles. The van der Waals surface area contributed by atoms with Gasteiger partial charge in [0.1, 0.15) is 5.69 Å². The molecule has 20 heavy (non-hydrogen) atoms. The highest BCUT2D eigenvalue weighted by atomic mass is 16.1. The molecule has 0 amide bonds. The number of ketones is 1. The Hall–Kier alpha value is -2.82. The molecule has 0 saturated heterocycles. The number of carbonyl (C=O) groups is 1. The predicted octanol–water partition coefficient (Wildman–Crippen LogP) is 2.09. The van der Waals surface area contributed by atoms with E-state index in [4.69, 9.17) is 0 Å². The first-order valence-corrected chi connectivity index (χ1v) is 6.23. The molecule has 3 aromatic rings. The van der Waals surface area contributed by atoms with Crippen molar-refractivity contribution in [3.63, 3.8) is 0 Å². The van der Waals surface area contributed by atoms with Gasteiger partial charge in [0.2, 0.25) is 0 Å². The van der Waals surface area contributed by atoms with E-state index in [1.807, 2.05) is 42.5 Å². The molecule has 98 valence electrons. The van der Waals surface area contributed by atoms with Crippen molar-refractivity contribution >= 4 is 5.78 Å². The summed E-state index contributed by atoms with van der Waals surface area (Å²) in [6.07, 6.45) is 5.14. The number of hydrogen-bond donors (Lipinski definition) is 0. The van der Waals surface area contributed by atoms with Crippen LogP contribution >= 0.6 is 0 Å². The Labute approximate surface area is 115 Å². The molecule has 2 heterocycles. The van der Waals surface area contributed by atoms with Crippen molar-refractivity contribution in [1.82, 2.24) is 20.0 Å². The van der Waals surface area contributed by atoms with Crippen molar-refractivity contribution in [2.24, 2.45) is 0 Å². The normalized spacial score (nSPS) is 10.4. The second-order valence-corrected chi connectivity index (χ2v) is 4.31. The van der Waals surface area contributed by atoms with E-state index in [0.717, 1.165) is 11.3 Å². The maximum atomic E-state index is 12.1. The van der Waals surface area contributed by atoms with E-state index in [9.17, 15) is 4.79 Å². The quantitative estimate of drug-likeness (QED) is 0.677. The van der Waals surface area contributed by atoms with E-state index in [0.29, 0.717) is 12.1 Å². The van der Waals surface area contributed by atoms with Gasteiger partial charge < -0.3 is 0 Å². The molecule has 0 aliphatic carbocycles. The van der Waals surface area contributed by atoms with Gasteiger partial charge in [-0.3, -0.25) is 9.78 Å². The van der Waals surface area contributed by atoms with Crippen molar-refractivity contribution in [1.29, 1.82) is 0 Å². The minimum absolute atomic E-state index is 0.0571. The third kappa shape index (κ3) is 2.61. The maximum Gasteiger partial charge on any atom is 0.189 e. The zero-order valence-corrected chi connectivity index (χ0v) is 10.7. The van der Waals surface area contributed by atoms with Crippen LogP contribution in [0.15, 0.2) is 61.1 Å². The highest BCUT2D eigenvalue weighted by molar-refractivity contribution is 5.95. The molecule has 0 bridgehead atoms. The number of Topliss-reactive ketones (excluding diaryl/α,β-unsaturated/α-hetero) is 1. The number of pyridine rings is 1. The molecule has 3 rings (SSSR count). The highest BCUT2D eigenvalue weighted by Crippen LogP contribution is 2.07. The molecule has 0 aliphatic heterocycles. The lowest BCUT2D eigenvalue weighted by Crippen LogP contribution is -2.06. The summed E-state index contributed by atoms with van der Waals surface area (Å²) in [7, 11) is 0. The molecular weight excluding hydrogens is 252 g/mol. The molecule has 0 aliphatic rings. The average molecular weight is 264 g/mol. The van der Waals surface area contributed by atoms with Crippen LogP contribution in [0.2, 0.25) is 0 Å². The summed E-state index contributed by atoms with van der Waals surface area (Å²) in [6.45, 7) is 0. The predicted molar refractivity (Wildman–Crippen MR) is 73.6 cm³/mol. The van der Waals surface area contributed by atoms with E-state index >= 15 is 0 Å². The monoisotopic (exact) mass is 264 g/mol. The van der Waals surface area contributed by atoms with E-state index in [1.165, 1.54) is 11.0 Å². The summed E-state index contributed by atoms with van der Waals surface area (Å²) >= 11 is 0. The van der Waals surface area contributed by atoms with Gasteiger partial charge in [0.05, 0.1) is 11.9 Å². The molecule has 0 spiro atoms. The average Bonchev–Trinajstić information content (AvgIpc) is 2.99. The Morgan fingerprint density at radius 2 is 1.80 bits per heavy atom.